The van der Waals surface area contributed by atoms with Crippen LogP contribution < -0.4 is 15.5 Å². The van der Waals surface area contributed by atoms with Gasteiger partial charge in [-0.05, 0) is 36.2 Å². The van der Waals surface area contributed by atoms with E-state index in [4.69, 9.17) is 0 Å². The van der Waals surface area contributed by atoms with Crippen molar-refractivity contribution in [1.82, 2.24) is 20.3 Å². The highest BCUT2D eigenvalue weighted by molar-refractivity contribution is 6.02. The quantitative estimate of drug-likeness (QED) is 0.323. The Bertz CT molecular complexity index is 1360. The van der Waals surface area contributed by atoms with Gasteiger partial charge in [0.05, 0.1) is 17.4 Å². The minimum atomic E-state index is -0.840. The van der Waals surface area contributed by atoms with Gasteiger partial charge < -0.3 is 20.6 Å². The van der Waals surface area contributed by atoms with Crippen molar-refractivity contribution >= 4 is 23.5 Å². The van der Waals surface area contributed by atoms with E-state index >= 15 is 0 Å². The lowest BCUT2D eigenvalue weighted by Gasteiger charge is -2.16. The number of rotatable bonds is 9. The van der Waals surface area contributed by atoms with Gasteiger partial charge in [0.25, 0.3) is 11.8 Å². The zero-order chi connectivity index (χ0) is 26.2. The Morgan fingerprint density at radius 3 is 2.46 bits per heavy atom. The fourth-order valence-electron chi connectivity index (χ4n) is 3.67. The molecule has 0 saturated heterocycles. The SMILES string of the molecule is CN(C)c1ncc(C(=O)NCCC(O)c2cccc(NC(=O)c3ccccn3)c2)c(-c2ccccc2)n1. The summed E-state index contributed by atoms with van der Waals surface area (Å²) < 4.78 is 0. The molecule has 1 unspecified atom stereocenters. The van der Waals surface area contributed by atoms with E-state index in [1.54, 1.807) is 53.6 Å². The van der Waals surface area contributed by atoms with Crippen LogP contribution in [-0.2, 0) is 0 Å². The molecule has 2 heterocycles. The lowest BCUT2D eigenvalue weighted by atomic mass is 10.0. The zero-order valence-electron chi connectivity index (χ0n) is 20.6. The molecule has 9 heteroatoms. The molecule has 0 bridgehead atoms. The second kappa shape index (κ2) is 11.9. The maximum absolute atomic E-state index is 13.0. The molecule has 0 spiro atoms. The van der Waals surface area contributed by atoms with E-state index in [2.05, 4.69) is 25.6 Å². The highest BCUT2D eigenvalue weighted by Crippen LogP contribution is 2.24. The van der Waals surface area contributed by atoms with Crippen LogP contribution in [0.2, 0.25) is 0 Å². The first-order valence-corrected chi connectivity index (χ1v) is 11.8. The van der Waals surface area contributed by atoms with Gasteiger partial charge in [-0.15, -0.1) is 0 Å². The van der Waals surface area contributed by atoms with Crippen molar-refractivity contribution < 1.29 is 14.7 Å². The Hall–Kier alpha value is -4.63. The second-order valence-corrected chi connectivity index (χ2v) is 8.55. The minimum Gasteiger partial charge on any atom is -0.388 e. The number of carbonyl (C=O) groups excluding carboxylic acids is 2. The molecule has 2 amide bonds. The standard InChI is InChI=1S/C28H28N6O3/c1-34(2)28-31-18-22(25(33-28)19-9-4-3-5-10-19)26(36)30-16-14-24(35)20-11-8-12-21(17-20)32-27(37)23-13-6-7-15-29-23/h3-13,15,17-18,24,35H,14,16H2,1-2H3,(H,30,36)(H,32,37). The van der Waals surface area contributed by atoms with Gasteiger partial charge in [0, 0.05) is 44.3 Å². The van der Waals surface area contributed by atoms with E-state index in [1.807, 2.05) is 44.4 Å². The van der Waals surface area contributed by atoms with E-state index < -0.39 is 6.10 Å². The Morgan fingerprint density at radius 1 is 0.946 bits per heavy atom. The van der Waals surface area contributed by atoms with Gasteiger partial charge in [-0.3, -0.25) is 14.6 Å². The average Bonchev–Trinajstić information content (AvgIpc) is 2.93. The third-order valence-corrected chi connectivity index (χ3v) is 5.60. The van der Waals surface area contributed by atoms with E-state index in [-0.39, 0.29) is 24.8 Å². The van der Waals surface area contributed by atoms with E-state index in [9.17, 15) is 14.7 Å². The molecule has 0 aliphatic carbocycles. The van der Waals surface area contributed by atoms with Gasteiger partial charge in [-0.25, -0.2) is 9.97 Å². The lowest BCUT2D eigenvalue weighted by Crippen LogP contribution is -2.27. The van der Waals surface area contributed by atoms with Crippen molar-refractivity contribution in [2.75, 3.05) is 30.9 Å². The lowest BCUT2D eigenvalue weighted by molar-refractivity contribution is 0.0941. The number of aliphatic hydroxyl groups is 1. The summed E-state index contributed by atoms with van der Waals surface area (Å²) in [6.45, 7) is 0.230. The summed E-state index contributed by atoms with van der Waals surface area (Å²) in [4.78, 5) is 40.1. The number of anilines is 2. The molecule has 0 aliphatic rings. The topological polar surface area (TPSA) is 120 Å². The number of carbonyl (C=O) groups is 2. The summed E-state index contributed by atoms with van der Waals surface area (Å²) in [7, 11) is 3.68. The predicted molar refractivity (Wildman–Crippen MR) is 142 cm³/mol. The maximum Gasteiger partial charge on any atom is 0.274 e. The Kier molecular flexibility index (Phi) is 8.17. The molecule has 9 nitrogen and oxygen atoms in total. The molecule has 3 N–H and O–H groups in total. The molecule has 4 rings (SSSR count). The van der Waals surface area contributed by atoms with E-state index in [1.165, 1.54) is 6.20 Å². The highest BCUT2D eigenvalue weighted by atomic mass is 16.3. The first-order chi connectivity index (χ1) is 17.9. The van der Waals surface area contributed by atoms with Gasteiger partial charge in [0.2, 0.25) is 5.95 Å². The maximum atomic E-state index is 13.0. The molecule has 1 atom stereocenters. The third kappa shape index (κ3) is 6.53. The van der Waals surface area contributed by atoms with Crippen LogP contribution in [0.15, 0.2) is 85.2 Å². The van der Waals surface area contributed by atoms with Crippen LogP contribution in [0, 0.1) is 0 Å². The van der Waals surface area contributed by atoms with Gasteiger partial charge in [0.1, 0.15) is 5.69 Å². The van der Waals surface area contributed by atoms with Crippen molar-refractivity contribution in [1.29, 1.82) is 0 Å². The van der Waals surface area contributed by atoms with Crippen LogP contribution in [0.25, 0.3) is 11.3 Å². The van der Waals surface area contributed by atoms with Crippen LogP contribution >= 0.6 is 0 Å². The second-order valence-electron chi connectivity index (χ2n) is 8.55. The Morgan fingerprint density at radius 2 is 1.73 bits per heavy atom. The first-order valence-electron chi connectivity index (χ1n) is 11.8. The Balaban J connectivity index is 1.39. The number of amides is 2. The summed E-state index contributed by atoms with van der Waals surface area (Å²) >= 11 is 0. The summed E-state index contributed by atoms with van der Waals surface area (Å²) in [5.41, 5.74) is 3.16. The summed E-state index contributed by atoms with van der Waals surface area (Å²) in [6.07, 6.45) is 2.51. The molecule has 0 fully saturated rings. The smallest absolute Gasteiger partial charge is 0.274 e. The summed E-state index contributed by atoms with van der Waals surface area (Å²) in [5.74, 6) is -0.162. The molecule has 0 aliphatic heterocycles. The molecule has 4 aromatic rings. The van der Waals surface area contributed by atoms with Crippen LogP contribution in [0.4, 0.5) is 11.6 Å². The fourth-order valence-corrected chi connectivity index (χ4v) is 3.67. The van der Waals surface area contributed by atoms with Gasteiger partial charge >= 0.3 is 0 Å². The average molecular weight is 497 g/mol. The number of aromatic nitrogens is 3. The molecule has 37 heavy (non-hydrogen) atoms. The summed E-state index contributed by atoms with van der Waals surface area (Å²) in [6, 6.07) is 21.5. The number of pyridine rings is 1. The van der Waals surface area contributed by atoms with Gasteiger partial charge in [-0.2, -0.15) is 0 Å². The zero-order valence-corrected chi connectivity index (χ0v) is 20.6. The van der Waals surface area contributed by atoms with Crippen LogP contribution in [-0.4, -0.2) is 52.5 Å². The predicted octanol–water partition coefficient (Wildman–Crippen LogP) is 3.71. The van der Waals surface area contributed by atoms with Crippen molar-refractivity contribution in [3.63, 3.8) is 0 Å². The number of benzene rings is 2. The normalized spacial score (nSPS) is 11.4. The molecule has 2 aromatic carbocycles. The van der Waals surface area contributed by atoms with E-state index in [0.717, 1.165) is 5.56 Å². The fraction of sp³-hybridized carbons (Fsp3) is 0.179. The molecule has 0 radical (unpaired) electrons. The molecule has 0 saturated carbocycles. The number of hydrogen-bond acceptors (Lipinski definition) is 7. The van der Waals surface area contributed by atoms with Crippen LogP contribution in [0.1, 0.15) is 38.9 Å². The van der Waals surface area contributed by atoms with Gasteiger partial charge in [-0.1, -0.05) is 48.5 Å². The molecule has 188 valence electrons. The molecular weight excluding hydrogens is 468 g/mol. The molecule has 2 aromatic heterocycles. The van der Waals surface area contributed by atoms with Crippen molar-refractivity contribution in [2.45, 2.75) is 12.5 Å². The third-order valence-electron chi connectivity index (χ3n) is 5.60. The van der Waals surface area contributed by atoms with Crippen molar-refractivity contribution in [3.8, 4) is 11.3 Å². The summed E-state index contributed by atoms with van der Waals surface area (Å²) in [5, 5.41) is 16.3. The largest absolute Gasteiger partial charge is 0.388 e. The van der Waals surface area contributed by atoms with Crippen molar-refractivity contribution in [3.05, 3.63) is 102 Å². The number of nitrogens with zero attached hydrogens (tertiary/aromatic N) is 4. The van der Waals surface area contributed by atoms with Crippen LogP contribution in [0.3, 0.4) is 0 Å². The van der Waals surface area contributed by atoms with Gasteiger partial charge in [0.15, 0.2) is 0 Å². The first kappa shape index (κ1) is 25.5. The van der Waals surface area contributed by atoms with E-state index in [0.29, 0.717) is 34.2 Å². The number of nitrogens with one attached hydrogen (secondary N) is 2. The minimum absolute atomic E-state index is 0.230. The Labute approximate surface area is 215 Å². The van der Waals surface area contributed by atoms with Crippen LogP contribution in [0.5, 0.6) is 0 Å². The monoisotopic (exact) mass is 496 g/mol. The molecular formula is C28H28N6O3. The number of aliphatic hydroxyl groups excluding tert-OH is 1. The highest BCUT2D eigenvalue weighted by Gasteiger charge is 2.18. The number of hydrogen-bond donors (Lipinski definition) is 3. The van der Waals surface area contributed by atoms with Crippen molar-refractivity contribution in [2.24, 2.45) is 0 Å².